The Bertz CT molecular complexity index is 938. The molecule has 0 radical (unpaired) electrons. The maximum Gasteiger partial charge on any atom is 0.203 e. The quantitative estimate of drug-likeness (QED) is 0.242. The molecule has 29 heavy (non-hydrogen) atoms. The lowest BCUT2D eigenvalue weighted by atomic mass is 9.98. The maximum atomic E-state index is 5.74. The van der Waals surface area contributed by atoms with Gasteiger partial charge in [-0.15, -0.1) is 11.3 Å². The summed E-state index contributed by atoms with van der Waals surface area (Å²) in [5.74, 6) is 0.902. The molecule has 3 aromatic rings. The SMILES string of the molecule is CCCCCOc1ccc(/C=N\Nc2nc(-c3c(C)cc(C)cc3C)cs2)cc1. The summed E-state index contributed by atoms with van der Waals surface area (Å²) in [6.07, 6.45) is 5.31. The summed E-state index contributed by atoms with van der Waals surface area (Å²) in [5, 5.41) is 7.19. The lowest BCUT2D eigenvalue weighted by molar-refractivity contribution is 0.306. The van der Waals surface area contributed by atoms with Gasteiger partial charge in [-0.2, -0.15) is 5.10 Å². The van der Waals surface area contributed by atoms with Gasteiger partial charge in [-0.05, 0) is 68.1 Å². The van der Waals surface area contributed by atoms with Crippen molar-refractivity contribution in [3.63, 3.8) is 0 Å². The Balaban J connectivity index is 1.58. The van der Waals surface area contributed by atoms with E-state index in [2.05, 4.69) is 55.7 Å². The lowest BCUT2D eigenvalue weighted by Gasteiger charge is -2.08. The van der Waals surface area contributed by atoms with Gasteiger partial charge in [-0.25, -0.2) is 4.98 Å². The predicted octanol–water partition coefficient (Wildman–Crippen LogP) is 6.75. The van der Waals surface area contributed by atoms with Crippen LogP contribution >= 0.6 is 11.3 Å². The van der Waals surface area contributed by atoms with Crippen molar-refractivity contribution in [1.82, 2.24) is 4.98 Å². The van der Waals surface area contributed by atoms with Gasteiger partial charge in [0.15, 0.2) is 0 Å². The van der Waals surface area contributed by atoms with E-state index in [0.29, 0.717) is 0 Å². The van der Waals surface area contributed by atoms with Crippen LogP contribution in [0, 0.1) is 20.8 Å². The number of ether oxygens (including phenoxy) is 1. The number of nitrogens with zero attached hydrogens (tertiary/aromatic N) is 2. The Morgan fingerprint density at radius 2 is 1.79 bits per heavy atom. The van der Waals surface area contributed by atoms with Crippen LogP contribution in [0.15, 0.2) is 46.9 Å². The molecule has 0 aliphatic heterocycles. The van der Waals surface area contributed by atoms with E-state index in [4.69, 9.17) is 9.72 Å². The third kappa shape index (κ3) is 5.91. The molecule has 1 N–H and O–H groups in total. The molecule has 1 aromatic heterocycles. The highest BCUT2D eigenvalue weighted by Gasteiger charge is 2.10. The van der Waals surface area contributed by atoms with E-state index in [1.807, 2.05) is 24.3 Å². The van der Waals surface area contributed by atoms with Crippen molar-refractivity contribution in [3.05, 3.63) is 64.0 Å². The van der Waals surface area contributed by atoms with Gasteiger partial charge in [-0.3, -0.25) is 5.43 Å². The zero-order valence-electron chi connectivity index (χ0n) is 17.7. The number of nitrogens with one attached hydrogen (secondary N) is 1. The monoisotopic (exact) mass is 407 g/mol. The summed E-state index contributed by atoms with van der Waals surface area (Å²) in [4.78, 5) is 4.70. The standard InChI is InChI=1S/C24H29N3OS/c1-5-6-7-12-28-21-10-8-20(9-11-21)15-25-27-24-26-22(16-29-24)23-18(3)13-17(2)14-19(23)4/h8-11,13-16H,5-7,12H2,1-4H3,(H,26,27)/b25-15-. The summed E-state index contributed by atoms with van der Waals surface area (Å²) in [7, 11) is 0. The molecule has 0 amide bonds. The minimum atomic E-state index is 0.773. The highest BCUT2D eigenvalue weighted by molar-refractivity contribution is 7.14. The van der Waals surface area contributed by atoms with E-state index in [9.17, 15) is 0 Å². The van der Waals surface area contributed by atoms with Gasteiger partial charge >= 0.3 is 0 Å². The van der Waals surface area contributed by atoms with Crippen molar-refractivity contribution < 1.29 is 4.74 Å². The second-order valence-corrected chi connectivity index (χ2v) is 8.16. The number of benzene rings is 2. The molecule has 4 nitrogen and oxygen atoms in total. The number of hydrogen-bond donors (Lipinski definition) is 1. The van der Waals surface area contributed by atoms with Crippen LogP contribution in [0.1, 0.15) is 48.4 Å². The van der Waals surface area contributed by atoms with Crippen LogP contribution in [0.3, 0.4) is 0 Å². The first-order valence-electron chi connectivity index (χ1n) is 10.1. The molecular weight excluding hydrogens is 378 g/mol. The van der Waals surface area contributed by atoms with E-state index in [1.165, 1.54) is 35.1 Å². The first-order valence-corrected chi connectivity index (χ1v) is 11.0. The molecular formula is C24H29N3OS. The van der Waals surface area contributed by atoms with Gasteiger partial charge in [0.1, 0.15) is 5.75 Å². The zero-order chi connectivity index (χ0) is 20.6. The largest absolute Gasteiger partial charge is 0.494 e. The summed E-state index contributed by atoms with van der Waals surface area (Å²) < 4.78 is 5.74. The number of unbranched alkanes of at least 4 members (excludes halogenated alkanes) is 2. The summed E-state index contributed by atoms with van der Waals surface area (Å²) in [6.45, 7) is 9.36. The molecule has 0 unspecified atom stereocenters. The van der Waals surface area contributed by atoms with Crippen LogP contribution in [0.5, 0.6) is 5.75 Å². The van der Waals surface area contributed by atoms with Gasteiger partial charge in [0.05, 0.1) is 18.5 Å². The Kier molecular flexibility index (Phi) is 7.42. The third-order valence-electron chi connectivity index (χ3n) is 4.71. The van der Waals surface area contributed by atoms with Gasteiger partial charge in [0.2, 0.25) is 5.13 Å². The van der Waals surface area contributed by atoms with Crippen molar-refractivity contribution >= 4 is 22.7 Å². The molecule has 3 rings (SSSR count). The van der Waals surface area contributed by atoms with Crippen LogP contribution in [0.2, 0.25) is 0 Å². The minimum absolute atomic E-state index is 0.773. The van der Waals surface area contributed by atoms with Gasteiger partial charge in [-0.1, -0.05) is 37.5 Å². The van der Waals surface area contributed by atoms with E-state index in [1.54, 1.807) is 17.6 Å². The van der Waals surface area contributed by atoms with Gasteiger partial charge in [0.25, 0.3) is 0 Å². The number of hydrazone groups is 1. The van der Waals surface area contributed by atoms with Crippen molar-refractivity contribution in [2.45, 2.75) is 47.0 Å². The minimum Gasteiger partial charge on any atom is -0.494 e. The Labute approximate surface area is 177 Å². The fourth-order valence-corrected chi connectivity index (χ4v) is 4.03. The van der Waals surface area contributed by atoms with Crippen molar-refractivity contribution in [1.29, 1.82) is 0 Å². The zero-order valence-corrected chi connectivity index (χ0v) is 18.5. The third-order valence-corrected chi connectivity index (χ3v) is 5.45. The van der Waals surface area contributed by atoms with Crippen LogP contribution in [0.25, 0.3) is 11.3 Å². The number of rotatable bonds is 9. The van der Waals surface area contributed by atoms with Gasteiger partial charge in [0, 0.05) is 10.9 Å². The van der Waals surface area contributed by atoms with Crippen molar-refractivity contribution in [2.24, 2.45) is 5.10 Å². The summed E-state index contributed by atoms with van der Waals surface area (Å²) in [5.41, 5.74) is 10.0. The summed E-state index contributed by atoms with van der Waals surface area (Å²) >= 11 is 1.56. The Hall–Kier alpha value is -2.66. The average molecular weight is 408 g/mol. The molecule has 152 valence electrons. The number of aromatic nitrogens is 1. The van der Waals surface area contributed by atoms with Gasteiger partial charge < -0.3 is 4.74 Å². The van der Waals surface area contributed by atoms with Crippen molar-refractivity contribution in [2.75, 3.05) is 12.0 Å². The molecule has 0 spiro atoms. The fourth-order valence-electron chi connectivity index (χ4n) is 3.38. The molecule has 2 aromatic carbocycles. The van der Waals surface area contributed by atoms with Crippen molar-refractivity contribution in [3.8, 4) is 17.0 Å². The molecule has 0 saturated carbocycles. The maximum absolute atomic E-state index is 5.74. The van der Waals surface area contributed by atoms with Crippen LogP contribution in [-0.2, 0) is 0 Å². The molecule has 5 heteroatoms. The highest BCUT2D eigenvalue weighted by atomic mass is 32.1. The molecule has 0 bridgehead atoms. The average Bonchev–Trinajstić information content (AvgIpc) is 3.14. The summed E-state index contributed by atoms with van der Waals surface area (Å²) in [6, 6.07) is 12.4. The Morgan fingerprint density at radius 1 is 1.07 bits per heavy atom. The normalized spacial score (nSPS) is 11.2. The van der Waals surface area contributed by atoms with Crippen LogP contribution < -0.4 is 10.2 Å². The molecule has 0 aliphatic rings. The number of hydrogen-bond acceptors (Lipinski definition) is 5. The van der Waals surface area contributed by atoms with Crippen LogP contribution in [-0.4, -0.2) is 17.8 Å². The second kappa shape index (κ2) is 10.2. The smallest absolute Gasteiger partial charge is 0.203 e. The number of anilines is 1. The molecule has 0 aliphatic carbocycles. The predicted molar refractivity (Wildman–Crippen MR) is 124 cm³/mol. The highest BCUT2D eigenvalue weighted by Crippen LogP contribution is 2.31. The van der Waals surface area contributed by atoms with E-state index < -0.39 is 0 Å². The van der Waals surface area contributed by atoms with E-state index >= 15 is 0 Å². The lowest BCUT2D eigenvalue weighted by Crippen LogP contribution is -1.97. The molecule has 1 heterocycles. The van der Waals surface area contributed by atoms with Crippen LogP contribution in [0.4, 0.5) is 5.13 Å². The molecule has 0 saturated heterocycles. The first-order chi connectivity index (χ1) is 14.1. The molecule has 0 fully saturated rings. The second-order valence-electron chi connectivity index (χ2n) is 7.31. The first kappa shape index (κ1) is 21.1. The molecule has 0 atom stereocenters. The number of aryl methyl sites for hydroxylation is 3. The Morgan fingerprint density at radius 3 is 2.48 bits per heavy atom. The topological polar surface area (TPSA) is 46.5 Å². The fraction of sp³-hybridized carbons (Fsp3) is 0.333. The van der Waals surface area contributed by atoms with E-state index in [-0.39, 0.29) is 0 Å². The van der Waals surface area contributed by atoms with E-state index in [0.717, 1.165) is 35.2 Å². The number of thiazole rings is 1.